The van der Waals surface area contributed by atoms with Crippen molar-refractivity contribution in [3.8, 4) is 11.5 Å². The summed E-state index contributed by atoms with van der Waals surface area (Å²) in [4.78, 5) is 12.2. The second-order valence-electron chi connectivity index (χ2n) is 6.18. The van der Waals surface area contributed by atoms with E-state index in [0.717, 1.165) is 30.0 Å². The number of rotatable bonds is 6. The zero-order chi connectivity index (χ0) is 17.4. The van der Waals surface area contributed by atoms with Gasteiger partial charge in [-0.1, -0.05) is 17.8 Å². The third kappa shape index (κ3) is 3.37. The van der Waals surface area contributed by atoms with E-state index in [1.54, 1.807) is 0 Å². The summed E-state index contributed by atoms with van der Waals surface area (Å²) in [6, 6.07) is 5.52. The fraction of sp³-hybridized carbons (Fsp3) is 0.438. The molecule has 0 unspecified atom stereocenters. The van der Waals surface area contributed by atoms with Crippen LogP contribution >= 0.6 is 11.8 Å². The van der Waals surface area contributed by atoms with Gasteiger partial charge in [0.25, 0.3) is 0 Å². The number of nitrogen functional groups attached to an aromatic ring is 1. The summed E-state index contributed by atoms with van der Waals surface area (Å²) >= 11 is 1.29. The number of benzene rings is 1. The number of carbonyl (C=O) groups excluding carboxylic acids is 1. The van der Waals surface area contributed by atoms with Crippen LogP contribution in [0.15, 0.2) is 23.4 Å². The molecule has 8 nitrogen and oxygen atoms in total. The molecule has 2 heterocycles. The summed E-state index contributed by atoms with van der Waals surface area (Å²) in [6.07, 6.45) is 2.21. The summed E-state index contributed by atoms with van der Waals surface area (Å²) in [5, 5.41) is 11.7. The molecule has 1 aliphatic carbocycles. The van der Waals surface area contributed by atoms with Crippen LogP contribution in [0.2, 0.25) is 0 Å². The minimum atomic E-state index is -0.139. The number of carbonyl (C=O) groups is 1. The Hall–Kier alpha value is -2.42. The van der Waals surface area contributed by atoms with E-state index in [-0.39, 0.29) is 24.5 Å². The van der Waals surface area contributed by atoms with Crippen molar-refractivity contribution < 1.29 is 14.3 Å². The van der Waals surface area contributed by atoms with Gasteiger partial charge in [-0.3, -0.25) is 4.79 Å². The Morgan fingerprint density at radius 3 is 3.00 bits per heavy atom. The third-order valence-electron chi connectivity index (χ3n) is 4.24. The number of nitrogens with two attached hydrogens (primary N) is 1. The van der Waals surface area contributed by atoms with Crippen LogP contribution in [0.5, 0.6) is 11.5 Å². The van der Waals surface area contributed by atoms with Crippen LogP contribution in [-0.2, 0) is 4.79 Å². The number of hydrogen-bond acceptors (Lipinski definition) is 7. The van der Waals surface area contributed by atoms with Crippen molar-refractivity contribution >= 4 is 17.7 Å². The minimum Gasteiger partial charge on any atom is -0.454 e. The SMILES string of the molecule is C[C@@H](NC(=O)CSc1nnc(C2CC2)n1N)c1ccc2c(c1)OCO2. The molecule has 1 amide bonds. The Morgan fingerprint density at radius 1 is 1.40 bits per heavy atom. The van der Waals surface area contributed by atoms with E-state index >= 15 is 0 Å². The van der Waals surface area contributed by atoms with Gasteiger partial charge < -0.3 is 20.6 Å². The number of amides is 1. The molecule has 1 aliphatic heterocycles. The van der Waals surface area contributed by atoms with Crippen molar-refractivity contribution in [3.05, 3.63) is 29.6 Å². The van der Waals surface area contributed by atoms with Crippen LogP contribution in [0.3, 0.4) is 0 Å². The van der Waals surface area contributed by atoms with E-state index in [2.05, 4.69) is 15.5 Å². The standard InChI is InChI=1S/C16H19N5O3S/c1-9(11-4-5-12-13(6-11)24-8-23-12)18-14(22)7-25-16-20-19-15(21(16)17)10-2-3-10/h4-6,9-10H,2-3,7-8,17H2,1H3,(H,18,22)/t9-/m1/s1. The maximum Gasteiger partial charge on any atom is 0.231 e. The van der Waals surface area contributed by atoms with Crippen molar-refractivity contribution in [3.63, 3.8) is 0 Å². The lowest BCUT2D eigenvalue weighted by Gasteiger charge is -2.14. The predicted octanol–water partition coefficient (Wildman–Crippen LogP) is 1.57. The highest BCUT2D eigenvalue weighted by Gasteiger charge is 2.30. The number of ether oxygens (including phenoxy) is 2. The highest BCUT2D eigenvalue weighted by Crippen LogP contribution is 2.39. The van der Waals surface area contributed by atoms with E-state index in [9.17, 15) is 4.79 Å². The molecule has 0 radical (unpaired) electrons. The average molecular weight is 361 g/mol. The third-order valence-corrected chi connectivity index (χ3v) is 5.18. The normalized spacial score (nSPS) is 16.7. The smallest absolute Gasteiger partial charge is 0.231 e. The lowest BCUT2D eigenvalue weighted by atomic mass is 10.1. The van der Waals surface area contributed by atoms with Crippen molar-refractivity contribution in [1.82, 2.24) is 20.2 Å². The number of thioether (sulfide) groups is 1. The summed E-state index contributed by atoms with van der Waals surface area (Å²) in [7, 11) is 0. The molecule has 1 saturated carbocycles. The molecule has 25 heavy (non-hydrogen) atoms. The lowest BCUT2D eigenvalue weighted by Crippen LogP contribution is -2.28. The number of hydrogen-bond donors (Lipinski definition) is 2. The topological polar surface area (TPSA) is 104 Å². The predicted molar refractivity (Wildman–Crippen MR) is 92.0 cm³/mol. The molecule has 1 fully saturated rings. The molecule has 1 aromatic heterocycles. The first-order valence-electron chi connectivity index (χ1n) is 8.14. The van der Waals surface area contributed by atoms with Gasteiger partial charge in [-0.25, -0.2) is 4.68 Å². The molecule has 9 heteroatoms. The Morgan fingerprint density at radius 2 is 2.20 bits per heavy atom. The summed E-state index contributed by atoms with van der Waals surface area (Å²) < 4.78 is 12.2. The molecule has 2 aromatic rings. The maximum absolute atomic E-state index is 12.2. The molecule has 4 rings (SSSR count). The second-order valence-corrected chi connectivity index (χ2v) is 7.12. The van der Waals surface area contributed by atoms with E-state index in [0.29, 0.717) is 16.8 Å². The first kappa shape index (κ1) is 16.1. The Bertz CT molecular complexity index is 805. The van der Waals surface area contributed by atoms with Gasteiger partial charge in [0.1, 0.15) is 0 Å². The van der Waals surface area contributed by atoms with Crippen LogP contribution < -0.4 is 20.6 Å². The van der Waals surface area contributed by atoms with Crippen LogP contribution in [0, 0.1) is 0 Å². The quantitative estimate of drug-likeness (QED) is 0.594. The van der Waals surface area contributed by atoms with Gasteiger partial charge in [-0.15, -0.1) is 10.2 Å². The highest BCUT2D eigenvalue weighted by atomic mass is 32.2. The largest absolute Gasteiger partial charge is 0.454 e. The molecule has 1 atom stereocenters. The Balaban J connectivity index is 1.32. The molecule has 0 saturated heterocycles. The minimum absolute atomic E-state index is 0.0915. The molecular weight excluding hydrogens is 342 g/mol. The molecule has 1 aromatic carbocycles. The average Bonchev–Trinajstić information content (AvgIpc) is 3.21. The maximum atomic E-state index is 12.2. The Labute approximate surface area is 149 Å². The first-order chi connectivity index (χ1) is 12.1. The van der Waals surface area contributed by atoms with Gasteiger partial charge in [0.2, 0.25) is 17.9 Å². The van der Waals surface area contributed by atoms with Crippen LogP contribution in [0.25, 0.3) is 0 Å². The van der Waals surface area contributed by atoms with Crippen LogP contribution in [-0.4, -0.2) is 33.3 Å². The van der Waals surface area contributed by atoms with Crippen molar-refractivity contribution in [2.75, 3.05) is 18.4 Å². The number of aromatic nitrogens is 3. The van der Waals surface area contributed by atoms with Crippen molar-refractivity contribution in [1.29, 1.82) is 0 Å². The van der Waals surface area contributed by atoms with E-state index in [4.69, 9.17) is 15.3 Å². The molecule has 2 aliphatic rings. The summed E-state index contributed by atoms with van der Waals surface area (Å²) in [5.41, 5.74) is 0.959. The fourth-order valence-electron chi connectivity index (χ4n) is 2.69. The zero-order valence-corrected chi connectivity index (χ0v) is 14.6. The van der Waals surface area contributed by atoms with Crippen LogP contribution in [0.4, 0.5) is 0 Å². The number of nitrogens with zero attached hydrogens (tertiary/aromatic N) is 3. The number of nitrogens with one attached hydrogen (secondary N) is 1. The van der Waals surface area contributed by atoms with Gasteiger partial charge in [0.15, 0.2) is 17.3 Å². The summed E-state index contributed by atoms with van der Waals surface area (Å²) in [6.45, 7) is 2.16. The monoisotopic (exact) mass is 361 g/mol. The van der Waals surface area contributed by atoms with Gasteiger partial charge in [-0.05, 0) is 37.5 Å². The van der Waals surface area contributed by atoms with Gasteiger partial charge in [0.05, 0.1) is 11.8 Å². The van der Waals surface area contributed by atoms with Gasteiger partial charge in [-0.2, -0.15) is 0 Å². The van der Waals surface area contributed by atoms with E-state index in [1.807, 2.05) is 25.1 Å². The molecule has 0 bridgehead atoms. The molecule has 3 N–H and O–H groups in total. The Kier molecular flexibility index (Phi) is 4.16. The first-order valence-corrected chi connectivity index (χ1v) is 9.12. The van der Waals surface area contributed by atoms with E-state index in [1.165, 1.54) is 16.4 Å². The molecular formula is C16H19N5O3S. The fourth-order valence-corrected chi connectivity index (χ4v) is 3.36. The lowest BCUT2D eigenvalue weighted by molar-refractivity contribution is -0.119. The van der Waals surface area contributed by atoms with Crippen LogP contribution in [0.1, 0.15) is 43.1 Å². The van der Waals surface area contributed by atoms with Crippen molar-refractivity contribution in [2.45, 2.75) is 36.9 Å². The van der Waals surface area contributed by atoms with Crippen molar-refractivity contribution in [2.24, 2.45) is 0 Å². The van der Waals surface area contributed by atoms with E-state index < -0.39 is 0 Å². The number of fused-ring (bicyclic) bond motifs is 1. The second kappa shape index (κ2) is 6.47. The van der Waals surface area contributed by atoms with Gasteiger partial charge >= 0.3 is 0 Å². The summed E-state index contributed by atoms with van der Waals surface area (Å²) in [5.74, 6) is 8.79. The van der Waals surface area contributed by atoms with Gasteiger partial charge in [0, 0.05) is 5.92 Å². The molecule has 132 valence electrons. The zero-order valence-electron chi connectivity index (χ0n) is 13.8. The highest BCUT2D eigenvalue weighted by molar-refractivity contribution is 7.99. The molecule has 0 spiro atoms.